The smallest absolute Gasteiger partial charge is 0.462 e. The molecule has 0 spiro atoms. The van der Waals surface area contributed by atoms with E-state index in [2.05, 4.69) is 97.4 Å². The van der Waals surface area contributed by atoms with Crippen LogP contribution in [-0.2, 0) is 37.4 Å². The van der Waals surface area contributed by atoms with E-state index in [0.717, 1.165) is 77.0 Å². The van der Waals surface area contributed by atoms with Gasteiger partial charge in [0.1, 0.15) is 12.7 Å². The lowest BCUT2D eigenvalue weighted by molar-refractivity contribution is -0.161. The predicted octanol–water partition coefficient (Wildman–Crippen LogP) is 10.4. The highest BCUT2D eigenvalue weighted by Crippen LogP contribution is 2.43. The molecule has 1 rings (SSSR count). The Kier molecular flexibility index (Phi) is 34.0. The molecule has 1 heterocycles. The summed E-state index contributed by atoms with van der Waals surface area (Å²) in [6, 6.07) is 0. The van der Waals surface area contributed by atoms with Crippen LogP contribution in [0, 0.1) is 0 Å². The molecule has 0 amide bonds. The number of ether oxygens (including phenoxy) is 3. The van der Waals surface area contributed by atoms with Crippen LogP contribution < -0.4 is 0 Å². The van der Waals surface area contributed by atoms with E-state index >= 15 is 0 Å². The van der Waals surface area contributed by atoms with Crippen molar-refractivity contribution in [1.82, 2.24) is 0 Å². The van der Waals surface area contributed by atoms with Crippen molar-refractivity contribution in [3.05, 3.63) is 85.1 Å². The topological polar surface area (TPSA) is 161 Å². The second kappa shape index (κ2) is 37.1. The molecule has 5 atom stereocenters. The van der Waals surface area contributed by atoms with Crippen molar-refractivity contribution in [2.45, 2.75) is 167 Å². The lowest BCUT2D eigenvalue weighted by Gasteiger charge is -2.20. The van der Waals surface area contributed by atoms with Crippen molar-refractivity contribution in [3.63, 3.8) is 0 Å². The minimum Gasteiger partial charge on any atom is -0.462 e. The highest BCUT2D eigenvalue weighted by Gasteiger charge is 2.36. The number of esters is 2. The number of aliphatic hydroxyl groups is 2. The third-order valence-corrected chi connectivity index (χ3v) is 9.89. The van der Waals surface area contributed by atoms with Crippen LogP contribution >= 0.6 is 7.82 Å². The third-order valence-electron chi connectivity index (χ3n) is 8.94. The van der Waals surface area contributed by atoms with Crippen LogP contribution in [0.3, 0.4) is 0 Å². The maximum atomic E-state index is 12.6. The molecule has 0 bridgehead atoms. The van der Waals surface area contributed by atoms with Gasteiger partial charge >= 0.3 is 19.8 Å². The highest BCUT2D eigenvalue weighted by atomic mass is 31.2. The number of hydrogen-bond donors (Lipinski definition) is 3. The first-order valence-corrected chi connectivity index (χ1v) is 23.2. The molecule has 1 aliphatic rings. The van der Waals surface area contributed by atoms with E-state index in [-0.39, 0.29) is 31.7 Å². The van der Waals surface area contributed by atoms with Crippen LogP contribution in [0.1, 0.15) is 142 Å². The summed E-state index contributed by atoms with van der Waals surface area (Å²) >= 11 is 0. The molecule has 330 valence electrons. The Hall–Kier alpha value is -2.89. The average molecular weight is 835 g/mol. The minimum absolute atomic E-state index is 0.0894. The first kappa shape index (κ1) is 53.1. The molecular weight excluding hydrogens is 759 g/mol. The molecule has 3 N–H and O–H groups in total. The molecule has 1 saturated heterocycles. The van der Waals surface area contributed by atoms with Crippen LogP contribution in [0.4, 0.5) is 0 Å². The van der Waals surface area contributed by atoms with Gasteiger partial charge in [0, 0.05) is 12.8 Å². The van der Waals surface area contributed by atoms with E-state index in [1.165, 1.54) is 19.3 Å². The Balaban J connectivity index is 2.33. The fraction of sp³-hybridized carbons (Fsp3) is 0.652. The monoisotopic (exact) mass is 835 g/mol. The number of carbonyl (C=O) groups excluding carboxylic acids is 2. The molecule has 0 aromatic rings. The number of unbranched alkanes of at least 4 members (excludes halogenated alkanes) is 8. The lowest BCUT2D eigenvalue weighted by Crippen LogP contribution is -2.29. The first-order valence-electron chi connectivity index (χ1n) is 21.7. The lowest BCUT2D eigenvalue weighted by atomic mass is 10.1. The normalized spacial score (nSPS) is 18.2. The summed E-state index contributed by atoms with van der Waals surface area (Å²) in [6.45, 7) is 2.11. The van der Waals surface area contributed by atoms with Gasteiger partial charge in [0.05, 0.1) is 32.0 Å². The third kappa shape index (κ3) is 34.0. The predicted molar refractivity (Wildman–Crippen MR) is 232 cm³/mol. The van der Waals surface area contributed by atoms with Gasteiger partial charge in [0.15, 0.2) is 6.10 Å². The zero-order valence-electron chi connectivity index (χ0n) is 35.4. The molecule has 1 fully saturated rings. The summed E-state index contributed by atoms with van der Waals surface area (Å²) in [5.41, 5.74) is 0. The molecule has 0 aliphatic carbocycles. The van der Waals surface area contributed by atoms with Crippen molar-refractivity contribution in [2.24, 2.45) is 0 Å². The zero-order valence-corrected chi connectivity index (χ0v) is 36.3. The summed E-state index contributed by atoms with van der Waals surface area (Å²) in [6.07, 6.45) is 45.8. The number of allylic oxidation sites excluding steroid dienone is 12. The SMILES string of the molecule is CC/C=C\C/C=C\C/C=C\C/C=C\CCCCCCC(=O)OC[C@H](COP(=O)(O)OC[C@@H](O)CO)OC(=O)CCC/C=C\CC1OC1C/C=C\C/C=C\CCCCC. The molecule has 0 aromatic carbocycles. The number of phosphoric ester groups is 1. The summed E-state index contributed by atoms with van der Waals surface area (Å²) < 4.78 is 38.4. The van der Waals surface area contributed by atoms with Crippen molar-refractivity contribution >= 4 is 19.8 Å². The molecule has 0 saturated carbocycles. The van der Waals surface area contributed by atoms with E-state index in [0.29, 0.717) is 19.3 Å². The second-order valence-corrected chi connectivity index (χ2v) is 15.8. The fourth-order valence-corrected chi connectivity index (χ4v) is 6.28. The average Bonchev–Trinajstić information content (AvgIpc) is 3.97. The summed E-state index contributed by atoms with van der Waals surface area (Å²) in [4.78, 5) is 35.0. The number of carbonyl (C=O) groups is 2. The van der Waals surface area contributed by atoms with Crippen molar-refractivity contribution < 1.29 is 52.5 Å². The molecule has 11 nitrogen and oxygen atoms in total. The number of epoxide rings is 1. The standard InChI is InChI=1S/C46H75O11P/c1-3-5-7-9-11-13-14-15-16-17-18-19-20-22-24-26-31-35-45(49)53-39-42(40-55-58(51,52)54-38-41(48)37-47)56-46(50)36-32-28-27-30-34-44-43(57-44)33-29-25-23-21-12-10-8-6-4-2/h5,7,11-13,15-16,18-19,21,25,27,29-30,41-44,47-48H,3-4,6,8-10,14,17,20,22-24,26,28,31-40H2,1-2H3,(H,51,52)/b7-5-,13-11-,16-15-,19-18-,21-12-,29-25-,30-27-/t41-,42+,43?,44?/m0/s1. The van der Waals surface area contributed by atoms with Gasteiger partial charge in [-0.1, -0.05) is 125 Å². The van der Waals surface area contributed by atoms with Gasteiger partial charge in [-0.3, -0.25) is 18.6 Å². The van der Waals surface area contributed by atoms with Gasteiger partial charge in [-0.2, -0.15) is 0 Å². The van der Waals surface area contributed by atoms with Gasteiger partial charge in [-0.25, -0.2) is 4.57 Å². The molecular formula is C46H75O11P. The molecule has 0 aromatic heterocycles. The van der Waals surface area contributed by atoms with Crippen LogP contribution in [0.2, 0.25) is 0 Å². The summed E-state index contributed by atoms with van der Waals surface area (Å²) in [7, 11) is -4.65. The van der Waals surface area contributed by atoms with Crippen LogP contribution in [0.25, 0.3) is 0 Å². The van der Waals surface area contributed by atoms with Gasteiger partial charge in [-0.15, -0.1) is 0 Å². The van der Waals surface area contributed by atoms with Gasteiger partial charge in [0.25, 0.3) is 0 Å². The Labute approximate surface area is 349 Å². The van der Waals surface area contributed by atoms with Crippen molar-refractivity contribution in [1.29, 1.82) is 0 Å². The Morgan fingerprint density at radius 1 is 0.621 bits per heavy atom. The van der Waals surface area contributed by atoms with E-state index in [4.69, 9.17) is 23.8 Å². The summed E-state index contributed by atoms with van der Waals surface area (Å²) in [5, 5.41) is 18.3. The minimum atomic E-state index is -4.65. The molecule has 58 heavy (non-hydrogen) atoms. The Morgan fingerprint density at radius 2 is 1.12 bits per heavy atom. The maximum absolute atomic E-state index is 12.6. The highest BCUT2D eigenvalue weighted by molar-refractivity contribution is 7.47. The van der Waals surface area contributed by atoms with E-state index in [9.17, 15) is 24.2 Å². The molecule has 12 heteroatoms. The van der Waals surface area contributed by atoms with E-state index in [1.807, 2.05) is 6.08 Å². The Bertz CT molecular complexity index is 1300. The van der Waals surface area contributed by atoms with Gasteiger partial charge < -0.3 is 29.3 Å². The molecule has 3 unspecified atom stereocenters. The van der Waals surface area contributed by atoms with Crippen LogP contribution in [0.15, 0.2) is 85.1 Å². The largest absolute Gasteiger partial charge is 0.472 e. The molecule has 0 radical (unpaired) electrons. The quantitative estimate of drug-likeness (QED) is 0.0178. The van der Waals surface area contributed by atoms with Crippen molar-refractivity contribution in [2.75, 3.05) is 26.4 Å². The summed E-state index contributed by atoms with van der Waals surface area (Å²) in [5.74, 6) is -1.04. The number of phosphoric acid groups is 1. The number of rotatable bonds is 38. The second-order valence-electron chi connectivity index (χ2n) is 14.4. The van der Waals surface area contributed by atoms with E-state index < -0.39 is 51.8 Å². The number of aliphatic hydroxyl groups excluding tert-OH is 2. The Morgan fingerprint density at radius 3 is 1.74 bits per heavy atom. The van der Waals surface area contributed by atoms with Crippen molar-refractivity contribution in [3.8, 4) is 0 Å². The first-order chi connectivity index (χ1) is 28.2. The maximum Gasteiger partial charge on any atom is 0.472 e. The number of hydrogen-bond acceptors (Lipinski definition) is 10. The van der Waals surface area contributed by atoms with E-state index in [1.54, 1.807) is 0 Å². The van der Waals surface area contributed by atoms with Gasteiger partial charge in [0.2, 0.25) is 0 Å². The zero-order chi connectivity index (χ0) is 42.4. The van der Waals surface area contributed by atoms with Crippen LogP contribution in [0.5, 0.6) is 0 Å². The van der Waals surface area contributed by atoms with Gasteiger partial charge in [-0.05, 0) is 89.9 Å². The fourth-order valence-electron chi connectivity index (χ4n) is 5.49. The van der Waals surface area contributed by atoms with Crippen LogP contribution in [-0.4, -0.2) is 77.9 Å². The molecule has 1 aliphatic heterocycles.